The molecule has 0 aromatic heterocycles. The largest absolute Gasteiger partial charge is 0.497 e. The normalized spacial score (nSPS) is 11.1. The van der Waals surface area contributed by atoms with Crippen molar-refractivity contribution in [3.05, 3.63) is 58.6 Å². The van der Waals surface area contributed by atoms with Crippen molar-refractivity contribution < 1.29 is 17.9 Å². The molecule has 1 amide bonds. The molecule has 0 saturated heterocycles. The smallest absolute Gasteiger partial charge is 0.251 e. The summed E-state index contributed by atoms with van der Waals surface area (Å²) in [5, 5.41) is 3.17. The molecular weight excluding hydrogens is 376 g/mol. The molecule has 0 bridgehead atoms. The lowest BCUT2D eigenvalue weighted by Gasteiger charge is -2.24. The second kappa shape index (κ2) is 8.42. The summed E-state index contributed by atoms with van der Waals surface area (Å²) in [5.41, 5.74) is 1.75. The molecule has 6 nitrogen and oxygen atoms in total. The van der Waals surface area contributed by atoms with Gasteiger partial charge in [0, 0.05) is 17.1 Å². The molecule has 0 heterocycles. The molecule has 2 rings (SSSR count). The number of sulfonamides is 1. The first-order valence-electron chi connectivity index (χ1n) is 7.88. The summed E-state index contributed by atoms with van der Waals surface area (Å²) in [7, 11) is -1.97. The van der Waals surface area contributed by atoms with Gasteiger partial charge in [-0.25, -0.2) is 8.42 Å². The van der Waals surface area contributed by atoms with E-state index < -0.39 is 10.0 Å². The number of benzene rings is 2. The molecule has 0 spiro atoms. The number of carbonyl (C=O) groups excluding carboxylic acids is 1. The Morgan fingerprint density at radius 3 is 2.42 bits per heavy atom. The first kappa shape index (κ1) is 20.1. The summed E-state index contributed by atoms with van der Waals surface area (Å²) < 4.78 is 30.6. The highest BCUT2D eigenvalue weighted by molar-refractivity contribution is 7.92. The van der Waals surface area contributed by atoms with Crippen LogP contribution in [-0.2, 0) is 10.0 Å². The molecule has 8 heteroatoms. The summed E-state index contributed by atoms with van der Waals surface area (Å²) in [4.78, 5) is 12.2. The zero-order valence-electron chi connectivity index (χ0n) is 14.8. The van der Waals surface area contributed by atoms with Gasteiger partial charge in [-0.2, -0.15) is 0 Å². The Labute approximate surface area is 158 Å². The van der Waals surface area contributed by atoms with E-state index in [1.807, 2.05) is 0 Å². The van der Waals surface area contributed by atoms with Crippen molar-refractivity contribution in [1.29, 1.82) is 0 Å². The number of halogens is 1. The molecular formula is C18H21ClN2O4S. The monoisotopic (exact) mass is 396 g/mol. The minimum atomic E-state index is -3.52. The fourth-order valence-electron chi connectivity index (χ4n) is 2.43. The number of methoxy groups -OCH3 is 1. The number of aryl methyl sites for hydroxylation is 1. The predicted molar refractivity (Wildman–Crippen MR) is 104 cm³/mol. The van der Waals surface area contributed by atoms with Gasteiger partial charge in [-0.05, 0) is 48.9 Å². The molecule has 0 aliphatic rings. The zero-order valence-corrected chi connectivity index (χ0v) is 16.4. The topological polar surface area (TPSA) is 75.7 Å². The summed E-state index contributed by atoms with van der Waals surface area (Å²) >= 11 is 6.00. The summed E-state index contributed by atoms with van der Waals surface area (Å²) in [6, 6.07) is 11.7. The predicted octanol–water partition coefficient (Wildman–Crippen LogP) is 2.85. The van der Waals surface area contributed by atoms with E-state index in [1.54, 1.807) is 56.5 Å². The van der Waals surface area contributed by atoms with Crippen molar-refractivity contribution in [1.82, 2.24) is 5.32 Å². The van der Waals surface area contributed by atoms with Gasteiger partial charge in [0.2, 0.25) is 10.0 Å². The average Bonchev–Trinajstić information content (AvgIpc) is 2.60. The number of hydrogen-bond acceptors (Lipinski definition) is 4. The van der Waals surface area contributed by atoms with Gasteiger partial charge >= 0.3 is 0 Å². The van der Waals surface area contributed by atoms with Crippen LogP contribution in [0.4, 0.5) is 5.69 Å². The van der Waals surface area contributed by atoms with Crippen molar-refractivity contribution in [3.8, 4) is 5.75 Å². The van der Waals surface area contributed by atoms with Crippen molar-refractivity contribution in [2.75, 3.05) is 30.8 Å². The number of rotatable bonds is 7. The van der Waals surface area contributed by atoms with Crippen LogP contribution < -0.4 is 14.4 Å². The average molecular weight is 397 g/mol. The SMILES string of the molecule is COc1ccc(C(=O)NCCN(c2cc(Cl)ccc2C)S(C)(=O)=O)cc1. The van der Waals surface area contributed by atoms with Crippen molar-refractivity contribution in [2.24, 2.45) is 0 Å². The van der Waals surface area contributed by atoms with Crippen LogP contribution in [0.25, 0.3) is 0 Å². The molecule has 0 aliphatic carbocycles. The molecule has 1 N–H and O–H groups in total. The lowest BCUT2D eigenvalue weighted by atomic mass is 10.2. The quantitative estimate of drug-likeness (QED) is 0.780. The summed E-state index contributed by atoms with van der Waals surface area (Å²) in [6.45, 7) is 2.06. The Morgan fingerprint density at radius 2 is 1.85 bits per heavy atom. The van der Waals surface area contributed by atoms with Gasteiger partial charge in [0.25, 0.3) is 5.91 Å². The van der Waals surface area contributed by atoms with E-state index in [4.69, 9.17) is 16.3 Å². The molecule has 0 radical (unpaired) electrons. The Morgan fingerprint density at radius 1 is 1.19 bits per heavy atom. The summed E-state index contributed by atoms with van der Waals surface area (Å²) in [5.74, 6) is 0.366. The zero-order chi connectivity index (χ0) is 19.3. The first-order chi connectivity index (χ1) is 12.2. The van der Waals surface area contributed by atoms with Crippen molar-refractivity contribution in [2.45, 2.75) is 6.92 Å². The van der Waals surface area contributed by atoms with E-state index in [0.717, 1.165) is 11.8 Å². The maximum atomic E-state index is 12.2. The third kappa shape index (κ3) is 5.12. The van der Waals surface area contributed by atoms with E-state index in [1.165, 1.54) is 4.31 Å². The number of nitrogens with zero attached hydrogens (tertiary/aromatic N) is 1. The van der Waals surface area contributed by atoms with E-state index in [9.17, 15) is 13.2 Å². The fraction of sp³-hybridized carbons (Fsp3) is 0.278. The van der Waals surface area contributed by atoms with Gasteiger partial charge < -0.3 is 10.1 Å². The molecule has 2 aromatic rings. The summed E-state index contributed by atoms with van der Waals surface area (Å²) in [6.07, 6.45) is 1.12. The molecule has 0 unspecified atom stereocenters. The van der Waals surface area contributed by atoms with Crippen LogP contribution in [0, 0.1) is 6.92 Å². The number of carbonyl (C=O) groups is 1. The second-order valence-corrected chi connectivity index (χ2v) is 8.09. The third-order valence-electron chi connectivity index (χ3n) is 3.79. The van der Waals surface area contributed by atoms with Crippen LogP contribution in [0.5, 0.6) is 5.75 Å². The van der Waals surface area contributed by atoms with E-state index in [2.05, 4.69) is 5.32 Å². The van der Waals surface area contributed by atoms with Crippen LogP contribution >= 0.6 is 11.6 Å². The Bertz CT molecular complexity index is 883. The highest BCUT2D eigenvalue weighted by atomic mass is 35.5. The molecule has 26 heavy (non-hydrogen) atoms. The number of anilines is 1. The molecule has 140 valence electrons. The highest BCUT2D eigenvalue weighted by Crippen LogP contribution is 2.26. The highest BCUT2D eigenvalue weighted by Gasteiger charge is 2.19. The molecule has 2 aromatic carbocycles. The van der Waals surface area contributed by atoms with Gasteiger partial charge in [-0.15, -0.1) is 0 Å². The Balaban J connectivity index is 2.08. The molecule has 0 fully saturated rings. The van der Waals surface area contributed by atoms with Crippen LogP contribution in [0.2, 0.25) is 5.02 Å². The van der Waals surface area contributed by atoms with E-state index in [0.29, 0.717) is 22.0 Å². The maximum absolute atomic E-state index is 12.2. The van der Waals surface area contributed by atoms with Crippen LogP contribution in [0.3, 0.4) is 0 Å². The lowest BCUT2D eigenvalue weighted by Crippen LogP contribution is -2.38. The number of amides is 1. The van der Waals surface area contributed by atoms with Crippen LogP contribution in [0.15, 0.2) is 42.5 Å². The van der Waals surface area contributed by atoms with Crippen LogP contribution in [-0.4, -0.2) is 40.8 Å². The number of nitrogens with one attached hydrogen (secondary N) is 1. The van der Waals surface area contributed by atoms with Gasteiger partial charge in [0.1, 0.15) is 5.75 Å². The second-order valence-electron chi connectivity index (χ2n) is 5.75. The molecule has 0 atom stereocenters. The molecule has 0 saturated carbocycles. The molecule has 0 aliphatic heterocycles. The first-order valence-corrected chi connectivity index (χ1v) is 10.1. The van der Waals surface area contributed by atoms with E-state index >= 15 is 0 Å². The fourth-order valence-corrected chi connectivity index (χ4v) is 3.57. The van der Waals surface area contributed by atoms with Gasteiger partial charge in [0.05, 0.1) is 25.6 Å². The van der Waals surface area contributed by atoms with Crippen LogP contribution in [0.1, 0.15) is 15.9 Å². The Hall–Kier alpha value is -2.25. The Kier molecular flexibility index (Phi) is 6.50. The van der Waals surface area contributed by atoms with Crippen molar-refractivity contribution in [3.63, 3.8) is 0 Å². The minimum Gasteiger partial charge on any atom is -0.497 e. The minimum absolute atomic E-state index is 0.0991. The van der Waals surface area contributed by atoms with E-state index in [-0.39, 0.29) is 19.0 Å². The maximum Gasteiger partial charge on any atom is 0.251 e. The van der Waals surface area contributed by atoms with Gasteiger partial charge in [-0.1, -0.05) is 17.7 Å². The lowest BCUT2D eigenvalue weighted by molar-refractivity contribution is 0.0955. The number of hydrogen-bond donors (Lipinski definition) is 1. The number of ether oxygens (including phenoxy) is 1. The standard InChI is InChI=1S/C18H21ClN2O4S/c1-13-4-7-15(19)12-17(13)21(26(3,23)24)11-10-20-18(22)14-5-8-16(25-2)9-6-14/h4-9,12H,10-11H2,1-3H3,(H,20,22). The third-order valence-corrected chi connectivity index (χ3v) is 5.21. The van der Waals surface area contributed by atoms with Gasteiger partial charge in [-0.3, -0.25) is 9.10 Å². The van der Waals surface area contributed by atoms with Crippen molar-refractivity contribution >= 4 is 33.2 Å². The van der Waals surface area contributed by atoms with Gasteiger partial charge in [0.15, 0.2) is 0 Å².